The SMILES string of the molecule is CC(C)(C)CC(O)c1cccc2ccncc12. The van der Waals surface area contributed by atoms with Gasteiger partial charge in [0.2, 0.25) is 0 Å². The van der Waals surface area contributed by atoms with Crippen molar-refractivity contribution in [3.63, 3.8) is 0 Å². The Hall–Kier alpha value is -1.41. The number of nitrogens with zero attached hydrogens (tertiary/aromatic N) is 1. The molecule has 0 saturated heterocycles. The molecule has 0 amide bonds. The predicted octanol–water partition coefficient (Wildman–Crippen LogP) is 3.70. The molecular formula is C15H19NO. The zero-order valence-corrected chi connectivity index (χ0v) is 10.6. The van der Waals surface area contributed by atoms with Crippen LogP contribution >= 0.6 is 0 Å². The second-order valence-electron chi connectivity index (χ2n) is 5.72. The van der Waals surface area contributed by atoms with Crippen molar-refractivity contribution < 1.29 is 5.11 Å². The Kier molecular flexibility index (Phi) is 3.16. The minimum Gasteiger partial charge on any atom is -0.388 e. The maximum Gasteiger partial charge on any atom is 0.0801 e. The molecule has 2 rings (SSSR count). The Morgan fingerprint density at radius 2 is 2.00 bits per heavy atom. The molecule has 90 valence electrons. The summed E-state index contributed by atoms with van der Waals surface area (Å²) in [5, 5.41) is 12.5. The number of pyridine rings is 1. The lowest BCUT2D eigenvalue weighted by Crippen LogP contribution is -2.11. The van der Waals surface area contributed by atoms with Gasteiger partial charge in [-0.3, -0.25) is 4.98 Å². The minimum absolute atomic E-state index is 0.115. The normalized spacial score (nSPS) is 13.9. The van der Waals surface area contributed by atoms with Crippen molar-refractivity contribution in [3.8, 4) is 0 Å². The molecule has 0 spiro atoms. The maximum absolute atomic E-state index is 10.3. The molecule has 1 heterocycles. The molecular weight excluding hydrogens is 210 g/mol. The van der Waals surface area contributed by atoms with Crippen LogP contribution in [0.15, 0.2) is 36.7 Å². The first kappa shape index (κ1) is 12.1. The molecule has 0 aliphatic rings. The quantitative estimate of drug-likeness (QED) is 0.851. The summed E-state index contributed by atoms with van der Waals surface area (Å²) in [6.07, 6.45) is 3.93. The third kappa shape index (κ3) is 2.83. The van der Waals surface area contributed by atoms with E-state index in [0.717, 1.165) is 22.8 Å². The number of aromatic nitrogens is 1. The van der Waals surface area contributed by atoms with E-state index < -0.39 is 6.10 Å². The number of hydrogen-bond donors (Lipinski definition) is 1. The highest BCUT2D eigenvalue weighted by atomic mass is 16.3. The molecule has 0 saturated carbocycles. The molecule has 0 aliphatic heterocycles. The standard InChI is InChI=1S/C15H19NO/c1-15(2,3)9-14(17)12-6-4-5-11-7-8-16-10-13(11)12/h4-8,10,14,17H,9H2,1-3H3. The van der Waals surface area contributed by atoms with Gasteiger partial charge in [-0.25, -0.2) is 0 Å². The van der Waals surface area contributed by atoms with Crippen LogP contribution in [0.2, 0.25) is 0 Å². The first-order valence-electron chi connectivity index (χ1n) is 5.98. The van der Waals surface area contributed by atoms with Gasteiger partial charge in [-0.05, 0) is 28.9 Å². The lowest BCUT2D eigenvalue weighted by Gasteiger charge is -2.23. The Morgan fingerprint density at radius 3 is 2.71 bits per heavy atom. The number of benzene rings is 1. The summed E-state index contributed by atoms with van der Waals surface area (Å²) in [4.78, 5) is 4.14. The zero-order chi connectivity index (χ0) is 12.5. The maximum atomic E-state index is 10.3. The van der Waals surface area contributed by atoms with Crippen molar-refractivity contribution in [1.82, 2.24) is 4.98 Å². The van der Waals surface area contributed by atoms with E-state index in [0.29, 0.717) is 0 Å². The van der Waals surface area contributed by atoms with Crippen LogP contribution in [0.1, 0.15) is 38.9 Å². The molecule has 0 radical (unpaired) electrons. The molecule has 2 nitrogen and oxygen atoms in total. The number of aliphatic hydroxyl groups excluding tert-OH is 1. The van der Waals surface area contributed by atoms with Crippen LogP contribution in [0.3, 0.4) is 0 Å². The fourth-order valence-electron chi connectivity index (χ4n) is 2.12. The topological polar surface area (TPSA) is 33.1 Å². The van der Waals surface area contributed by atoms with Crippen molar-refractivity contribution in [2.75, 3.05) is 0 Å². The van der Waals surface area contributed by atoms with Crippen molar-refractivity contribution in [3.05, 3.63) is 42.2 Å². The lowest BCUT2D eigenvalue weighted by molar-refractivity contribution is 0.123. The van der Waals surface area contributed by atoms with Crippen molar-refractivity contribution in [2.24, 2.45) is 5.41 Å². The van der Waals surface area contributed by atoms with Gasteiger partial charge >= 0.3 is 0 Å². The van der Waals surface area contributed by atoms with Crippen LogP contribution in [-0.2, 0) is 0 Å². The molecule has 1 N–H and O–H groups in total. The van der Waals surface area contributed by atoms with Crippen LogP contribution in [0.25, 0.3) is 10.8 Å². The second kappa shape index (κ2) is 4.46. The predicted molar refractivity (Wildman–Crippen MR) is 70.8 cm³/mol. The highest BCUT2D eigenvalue weighted by Gasteiger charge is 2.19. The van der Waals surface area contributed by atoms with Crippen LogP contribution in [0.5, 0.6) is 0 Å². The molecule has 1 aromatic carbocycles. The first-order chi connectivity index (χ1) is 7.97. The number of aliphatic hydroxyl groups is 1. The first-order valence-corrected chi connectivity index (χ1v) is 5.98. The number of fused-ring (bicyclic) bond motifs is 1. The van der Waals surface area contributed by atoms with E-state index in [2.05, 4.69) is 25.8 Å². The van der Waals surface area contributed by atoms with E-state index in [4.69, 9.17) is 0 Å². The van der Waals surface area contributed by atoms with Crippen molar-refractivity contribution in [1.29, 1.82) is 0 Å². The van der Waals surface area contributed by atoms with E-state index in [1.807, 2.05) is 30.5 Å². The lowest BCUT2D eigenvalue weighted by atomic mass is 9.86. The Morgan fingerprint density at radius 1 is 1.24 bits per heavy atom. The molecule has 17 heavy (non-hydrogen) atoms. The largest absolute Gasteiger partial charge is 0.388 e. The van der Waals surface area contributed by atoms with E-state index >= 15 is 0 Å². The summed E-state index contributed by atoms with van der Waals surface area (Å²) in [5.74, 6) is 0. The summed E-state index contributed by atoms with van der Waals surface area (Å²) < 4.78 is 0. The number of rotatable bonds is 2. The second-order valence-corrected chi connectivity index (χ2v) is 5.72. The van der Waals surface area contributed by atoms with Crippen LogP contribution in [-0.4, -0.2) is 10.1 Å². The molecule has 2 heteroatoms. The monoisotopic (exact) mass is 229 g/mol. The van der Waals surface area contributed by atoms with Gasteiger partial charge in [0, 0.05) is 17.8 Å². The van der Waals surface area contributed by atoms with Crippen molar-refractivity contribution >= 4 is 10.8 Å². The summed E-state index contributed by atoms with van der Waals surface area (Å²) in [6.45, 7) is 6.42. The van der Waals surface area contributed by atoms with Crippen LogP contribution in [0, 0.1) is 5.41 Å². The Labute approximate surface area is 102 Å². The third-order valence-corrected chi connectivity index (χ3v) is 2.88. The average molecular weight is 229 g/mol. The molecule has 0 bridgehead atoms. The smallest absolute Gasteiger partial charge is 0.0801 e. The van der Waals surface area contributed by atoms with Crippen LogP contribution < -0.4 is 0 Å². The van der Waals surface area contributed by atoms with Gasteiger partial charge in [0.25, 0.3) is 0 Å². The van der Waals surface area contributed by atoms with Crippen molar-refractivity contribution in [2.45, 2.75) is 33.3 Å². The summed E-state index contributed by atoms with van der Waals surface area (Å²) in [6, 6.07) is 8.00. The molecule has 0 fully saturated rings. The molecule has 1 unspecified atom stereocenters. The van der Waals surface area contributed by atoms with Gasteiger partial charge in [0.1, 0.15) is 0 Å². The summed E-state index contributed by atoms with van der Waals surface area (Å²) in [7, 11) is 0. The Balaban J connectivity index is 2.41. The molecule has 1 atom stereocenters. The van der Waals surface area contributed by atoms with Gasteiger partial charge in [-0.1, -0.05) is 39.0 Å². The highest BCUT2D eigenvalue weighted by molar-refractivity contribution is 5.85. The number of hydrogen-bond acceptors (Lipinski definition) is 2. The summed E-state index contributed by atoms with van der Waals surface area (Å²) >= 11 is 0. The summed E-state index contributed by atoms with van der Waals surface area (Å²) in [5.41, 5.74) is 1.09. The third-order valence-electron chi connectivity index (χ3n) is 2.88. The average Bonchev–Trinajstić information content (AvgIpc) is 2.26. The van der Waals surface area contributed by atoms with Gasteiger partial charge < -0.3 is 5.11 Å². The van der Waals surface area contributed by atoms with Gasteiger partial charge in [-0.15, -0.1) is 0 Å². The minimum atomic E-state index is -0.428. The highest BCUT2D eigenvalue weighted by Crippen LogP contribution is 2.32. The van der Waals surface area contributed by atoms with Gasteiger partial charge in [0.05, 0.1) is 6.10 Å². The molecule has 2 aromatic rings. The fraction of sp³-hybridized carbons (Fsp3) is 0.400. The Bertz CT molecular complexity index is 508. The fourth-order valence-corrected chi connectivity index (χ4v) is 2.12. The van der Waals surface area contributed by atoms with Crippen LogP contribution in [0.4, 0.5) is 0 Å². The van der Waals surface area contributed by atoms with E-state index in [1.54, 1.807) is 6.20 Å². The van der Waals surface area contributed by atoms with E-state index in [-0.39, 0.29) is 5.41 Å². The van der Waals surface area contributed by atoms with Gasteiger partial charge in [-0.2, -0.15) is 0 Å². The van der Waals surface area contributed by atoms with E-state index in [1.165, 1.54) is 0 Å². The molecule has 1 aromatic heterocycles. The molecule has 0 aliphatic carbocycles. The zero-order valence-electron chi connectivity index (χ0n) is 10.6. The van der Waals surface area contributed by atoms with E-state index in [9.17, 15) is 5.11 Å². The van der Waals surface area contributed by atoms with Gasteiger partial charge in [0.15, 0.2) is 0 Å².